The highest BCUT2D eigenvalue weighted by Gasteiger charge is 2.24. The van der Waals surface area contributed by atoms with Crippen LogP contribution < -0.4 is 14.8 Å². The van der Waals surface area contributed by atoms with E-state index in [1.807, 2.05) is 19.1 Å². The van der Waals surface area contributed by atoms with Crippen LogP contribution >= 0.6 is 0 Å². The molecule has 10 nitrogen and oxygen atoms in total. The fourth-order valence-electron chi connectivity index (χ4n) is 4.49. The monoisotopic (exact) mass is 568 g/mol. The normalized spacial score (nSPS) is 13.5. The molecule has 41 heavy (non-hydrogen) atoms. The molecule has 3 aromatic rings. The summed E-state index contributed by atoms with van der Waals surface area (Å²) in [6.07, 6.45) is 0. The number of urea groups is 1. The molecule has 0 bridgehead atoms. The summed E-state index contributed by atoms with van der Waals surface area (Å²) in [6.45, 7) is 5.77. The number of nitrogens with one attached hydrogen (secondary N) is 1. The first-order chi connectivity index (χ1) is 19.8. The number of hydrogen-bond acceptors (Lipinski definition) is 7. The van der Waals surface area contributed by atoms with Crippen molar-refractivity contribution in [3.8, 4) is 11.5 Å². The zero-order valence-electron chi connectivity index (χ0n) is 23.7. The van der Waals surface area contributed by atoms with Gasteiger partial charge in [0.2, 0.25) is 5.91 Å². The van der Waals surface area contributed by atoms with E-state index in [9.17, 15) is 14.0 Å². The van der Waals surface area contributed by atoms with Gasteiger partial charge < -0.3 is 33.7 Å². The standard InChI is InChI=1S/C30H37FN4O6/c1-22-4-9-26(41-22)20-35(19-23-5-7-24(31)8-6-23)29(36)21-34(11-10-33-12-14-40-15-13-33)30(37)32-25-16-27(38-2)18-28(17-25)39-3/h4-9,16-18H,10-15,19-21H2,1-3H3,(H,32,37). The van der Waals surface area contributed by atoms with E-state index < -0.39 is 6.03 Å². The number of carbonyl (C=O) groups excluding carboxylic acids is 2. The molecule has 4 rings (SSSR count). The molecule has 1 fully saturated rings. The fraction of sp³-hybridized carbons (Fsp3) is 0.400. The third kappa shape index (κ3) is 8.95. The second kappa shape index (κ2) is 14.5. The minimum Gasteiger partial charge on any atom is -0.497 e. The lowest BCUT2D eigenvalue weighted by molar-refractivity contribution is -0.133. The molecule has 0 unspecified atom stereocenters. The molecule has 3 amide bonds. The first kappa shape index (κ1) is 29.9. The first-order valence-electron chi connectivity index (χ1n) is 13.5. The topological polar surface area (TPSA) is 96.7 Å². The van der Waals surface area contributed by atoms with Gasteiger partial charge in [-0.1, -0.05) is 12.1 Å². The minimum absolute atomic E-state index is 0.168. The molecule has 1 aromatic heterocycles. The average Bonchev–Trinajstić information content (AvgIpc) is 3.40. The Labute approximate surface area is 239 Å². The summed E-state index contributed by atoms with van der Waals surface area (Å²) in [5.41, 5.74) is 1.24. The number of halogens is 1. The van der Waals surface area contributed by atoms with Crippen molar-refractivity contribution >= 4 is 17.6 Å². The van der Waals surface area contributed by atoms with Crippen molar-refractivity contribution in [1.82, 2.24) is 14.7 Å². The highest BCUT2D eigenvalue weighted by molar-refractivity contribution is 5.92. The van der Waals surface area contributed by atoms with Gasteiger partial charge in [0.15, 0.2) is 0 Å². The van der Waals surface area contributed by atoms with Gasteiger partial charge in [-0.3, -0.25) is 9.69 Å². The Hall–Kier alpha value is -4.09. The maximum Gasteiger partial charge on any atom is 0.322 e. The molecule has 2 heterocycles. The van der Waals surface area contributed by atoms with Crippen molar-refractivity contribution in [2.75, 3.05) is 65.5 Å². The number of hydrogen-bond donors (Lipinski definition) is 1. The van der Waals surface area contributed by atoms with Crippen molar-refractivity contribution in [1.29, 1.82) is 0 Å². The SMILES string of the molecule is COc1cc(NC(=O)N(CCN2CCOCC2)CC(=O)N(Cc2ccc(F)cc2)Cc2ccc(C)o2)cc(OC)c1. The third-order valence-electron chi connectivity index (χ3n) is 6.79. The number of morpholine rings is 1. The van der Waals surface area contributed by atoms with E-state index in [2.05, 4.69) is 10.2 Å². The Morgan fingerprint density at radius 2 is 1.63 bits per heavy atom. The van der Waals surface area contributed by atoms with Crippen molar-refractivity contribution in [2.45, 2.75) is 20.0 Å². The van der Waals surface area contributed by atoms with Gasteiger partial charge >= 0.3 is 6.03 Å². The molecule has 0 spiro atoms. The number of amides is 3. The van der Waals surface area contributed by atoms with Crippen molar-refractivity contribution in [3.05, 3.63) is 77.5 Å². The molecule has 2 aromatic carbocycles. The zero-order chi connectivity index (χ0) is 29.2. The Bertz CT molecular complexity index is 1270. The van der Waals surface area contributed by atoms with Crippen LogP contribution in [0.4, 0.5) is 14.9 Å². The second-order valence-corrected chi connectivity index (χ2v) is 9.80. The van der Waals surface area contributed by atoms with Crippen LogP contribution in [-0.4, -0.2) is 86.8 Å². The maximum absolute atomic E-state index is 13.8. The molecular weight excluding hydrogens is 531 g/mol. The van der Waals surface area contributed by atoms with Gasteiger partial charge in [0.05, 0.1) is 34.0 Å². The van der Waals surface area contributed by atoms with Crippen molar-refractivity contribution in [3.63, 3.8) is 0 Å². The van der Waals surface area contributed by atoms with E-state index in [0.29, 0.717) is 49.2 Å². The molecule has 1 aliphatic rings. The average molecular weight is 569 g/mol. The summed E-state index contributed by atoms with van der Waals surface area (Å²) in [4.78, 5) is 32.6. The van der Waals surface area contributed by atoms with Gasteiger partial charge in [-0.2, -0.15) is 0 Å². The van der Waals surface area contributed by atoms with Crippen molar-refractivity contribution < 1.29 is 32.6 Å². The largest absolute Gasteiger partial charge is 0.497 e. The van der Waals surface area contributed by atoms with E-state index in [4.69, 9.17) is 18.6 Å². The summed E-state index contributed by atoms with van der Waals surface area (Å²) in [5, 5.41) is 2.89. The van der Waals surface area contributed by atoms with E-state index in [0.717, 1.165) is 24.4 Å². The number of aryl methyl sites for hydroxylation is 1. The van der Waals surface area contributed by atoms with E-state index in [1.165, 1.54) is 31.3 Å². The quantitative estimate of drug-likeness (QED) is 0.351. The van der Waals surface area contributed by atoms with Crippen molar-refractivity contribution in [2.24, 2.45) is 0 Å². The molecule has 1 N–H and O–H groups in total. The second-order valence-electron chi connectivity index (χ2n) is 9.80. The lowest BCUT2D eigenvalue weighted by atomic mass is 10.2. The number of ether oxygens (including phenoxy) is 3. The predicted molar refractivity (Wildman–Crippen MR) is 151 cm³/mol. The van der Waals surface area contributed by atoms with Gasteiger partial charge in [-0.25, -0.2) is 9.18 Å². The van der Waals surface area contributed by atoms with Gasteiger partial charge in [0.25, 0.3) is 0 Å². The number of methoxy groups -OCH3 is 2. The molecule has 1 aliphatic heterocycles. The van der Waals surface area contributed by atoms with E-state index >= 15 is 0 Å². The lowest BCUT2D eigenvalue weighted by Gasteiger charge is -2.31. The molecular formula is C30H37FN4O6. The molecule has 1 saturated heterocycles. The van der Waals surface area contributed by atoms with Crippen LogP contribution in [-0.2, 0) is 22.6 Å². The summed E-state index contributed by atoms with van der Waals surface area (Å²) in [7, 11) is 3.06. The fourth-order valence-corrected chi connectivity index (χ4v) is 4.49. The Kier molecular flexibility index (Phi) is 10.6. The number of carbonyl (C=O) groups is 2. The zero-order valence-corrected chi connectivity index (χ0v) is 23.7. The molecule has 220 valence electrons. The Balaban J connectivity index is 1.53. The van der Waals surface area contributed by atoms with E-state index in [-0.39, 0.29) is 31.4 Å². The number of furan rings is 1. The summed E-state index contributed by atoms with van der Waals surface area (Å²) >= 11 is 0. The van der Waals surface area contributed by atoms with Gasteiger partial charge in [0, 0.05) is 56.6 Å². The van der Waals surface area contributed by atoms with Crippen LogP contribution in [0.2, 0.25) is 0 Å². The lowest BCUT2D eigenvalue weighted by Crippen LogP contribution is -2.48. The molecule has 11 heteroatoms. The van der Waals surface area contributed by atoms with Crippen LogP contribution in [0.5, 0.6) is 11.5 Å². The number of benzene rings is 2. The first-order valence-corrected chi connectivity index (χ1v) is 13.5. The maximum atomic E-state index is 13.8. The number of nitrogens with zero attached hydrogens (tertiary/aromatic N) is 3. The van der Waals surface area contributed by atoms with Crippen LogP contribution in [0.3, 0.4) is 0 Å². The van der Waals surface area contributed by atoms with Gasteiger partial charge in [-0.05, 0) is 36.8 Å². The third-order valence-corrected chi connectivity index (χ3v) is 6.79. The Morgan fingerprint density at radius 1 is 0.951 bits per heavy atom. The molecule has 0 atom stereocenters. The smallest absolute Gasteiger partial charge is 0.322 e. The van der Waals surface area contributed by atoms with Crippen LogP contribution in [0.25, 0.3) is 0 Å². The molecule has 0 aliphatic carbocycles. The summed E-state index contributed by atoms with van der Waals surface area (Å²) in [6, 6.07) is 14.3. The summed E-state index contributed by atoms with van der Waals surface area (Å²) < 4.78 is 35.4. The van der Waals surface area contributed by atoms with Gasteiger partial charge in [-0.15, -0.1) is 0 Å². The van der Waals surface area contributed by atoms with Crippen LogP contribution in [0.15, 0.2) is 59.0 Å². The number of rotatable bonds is 12. The minimum atomic E-state index is -0.433. The number of anilines is 1. The summed E-state index contributed by atoms with van der Waals surface area (Å²) in [5.74, 6) is 1.77. The molecule has 0 saturated carbocycles. The van der Waals surface area contributed by atoms with Crippen LogP contribution in [0, 0.1) is 12.7 Å². The molecule has 0 radical (unpaired) electrons. The predicted octanol–water partition coefficient (Wildman–Crippen LogP) is 4.14. The van der Waals surface area contributed by atoms with Crippen LogP contribution in [0.1, 0.15) is 17.1 Å². The van der Waals surface area contributed by atoms with Gasteiger partial charge in [0.1, 0.15) is 35.4 Å². The highest BCUT2D eigenvalue weighted by Crippen LogP contribution is 2.26. The Morgan fingerprint density at radius 3 is 2.24 bits per heavy atom. The van der Waals surface area contributed by atoms with E-state index in [1.54, 1.807) is 35.2 Å². The highest BCUT2D eigenvalue weighted by atomic mass is 19.1.